The third-order valence-electron chi connectivity index (χ3n) is 3.76. The lowest BCUT2D eigenvalue weighted by atomic mass is 10.2. The molecule has 0 aromatic rings. The van der Waals surface area contributed by atoms with Gasteiger partial charge in [-0.1, -0.05) is 0 Å². The summed E-state index contributed by atoms with van der Waals surface area (Å²) in [6, 6.07) is 0. The Kier molecular flexibility index (Phi) is 8.31. The van der Waals surface area contributed by atoms with E-state index in [2.05, 4.69) is 56.0 Å². The highest BCUT2D eigenvalue weighted by Crippen LogP contribution is 2.72. The smallest absolute Gasteiger partial charge is 0.164 e. The first-order chi connectivity index (χ1) is 7.41. The Morgan fingerprint density at radius 2 is 1.44 bits per heavy atom. The number of hydrogen-bond acceptors (Lipinski definition) is 2. The topological polar surface area (TPSA) is 40.5 Å². The summed E-state index contributed by atoms with van der Waals surface area (Å²) in [6.45, 7) is 8.81. The van der Waals surface area contributed by atoms with E-state index in [4.69, 9.17) is 0 Å². The fourth-order valence-electron chi connectivity index (χ4n) is 2.87. The van der Waals surface area contributed by atoms with Gasteiger partial charge in [-0.15, -0.1) is 0 Å². The zero-order chi connectivity index (χ0) is 12.9. The van der Waals surface area contributed by atoms with E-state index in [-0.39, 0.29) is 11.9 Å². The van der Waals surface area contributed by atoms with E-state index in [1.165, 1.54) is 0 Å². The third kappa shape index (κ3) is 3.65. The number of aliphatic hydroxyl groups is 2. The minimum absolute atomic E-state index is 0.133. The molecule has 2 atom stereocenters. The van der Waals surface area contributed by atoms with Crippen molar-refractivity contribution in [1.29, 1.82) is 0 Å². The van der Waals surface area contributed by atoms with Crippen LogP contribution >= 0.6 is 35.5 Å². The highest BCUT2D eigenvalue weighted by molar-refractivity contribution is 9.93. The molecule has 16 heavy (non-hydrogen) atoms. The molecule has 1 rings (SSSR count). The Morgan fingerprint density at radius 1 is 1.00 bits per heavy atom. The summed E-state index contributed by atoms with van der Waals surface area (Å²) in [5.74, 6) is -0.133. The SMILES string of the molecule is BrBr.CC(C)[P+]1(C(C)C)CC(O)CCC1O. The lowest BCUT2D eigenvalue weighted by molar-refractivity contribution is 0.141. The van der Waals surface area contributed by atoms with E-state index in [9.17, 15) is 10.2 Å². The number of halogens is 2. The van der Waals surface area contributed by atoms with Crippen LogP contribution in [0.25, 0.3) is 0 Å². The van der Waals surface area contributed by atoms with E-state index < -0.39 is 7.26 Å². The molecule has 0 aromatic carbocycles. The van der Waals surface area contributed by atoms with Crippen LogP contribution in [0.3, 0.4) is 0 Å². The van der Waals surface area contributed by atoms with Gasteiger partial charge >= 0.3 is 0 Å². The molecule has 0 saturated carbocycles. The van der Waals surface area contributed by atoms with Crippen LogP contribution < -0.4 is 0 Å². The minimum atomic E-state index is -1.38. The Morgan fingerprint density at radius 3 is 1.75 bits per heavy atom. The summed E-state index contributed by atoms with van der Waals surface area (Å²) in [5, 5.41) is 20.0. The first-order valence-corrected chi connectivity index (χ1v) is 11.7. The lowest BCUT2D eigenvalue weighted by Gasteiger charge is -2.42. The van der Waals surface area contributed by atoms with Gasteiger partial charge in [0.2, 0.25) is 0 Å². The zero-order valence-corrected chi connectivity index (χ0v) is 14.6. The summed E-state index contributed by atoms with van der Waals surface area (Å²) < 4.78 is 0. The first kappa shape index (κ1) is 17.3. The molecule has 0 bridgehead atoms. The molecule has 1 fully saturated rings. The lowest BCUT2D eigenvalue weighted by Crippen LogP contribution is -2.38. The molecule has 1 aliphatic heterocycles. The van der Waals surface area contributed by atoms with Gasteiger partial charge in [0.05, 0.1) is 30.8 Å². The van der Waals surface area contributed by atoms with Crippen molar-refractivity contribution in [2.75, 3.05) is 6.16 Å². The van der Waals surface area contributed by atoms with Gasteiger partial charge in [0.1, 0.15) is 0 Å². The average Bonchev–Trinajstić information content (AvgIpc) is 2.23. The number of rotatable bonds is 2. The number of hydrogen-bond donors (Lipinski definition) is 2. The van der Waals surface area contributed by atoms with E-state index in [1.807, 2.05) is 0 Å². The van der Waals surface area contributed by atoms with Gasteiger partial charge in [0, 0.05) is 34.7 Å². The second-order valence-electron chi connectivity index (χ2n) is 5.08. The monoisotopic (exact) mass is 377 g/mol. The fraction of sp³-hybridized carbons (Fsp3) is 1.00. The molecule has 1 saturated heterocycles. The van der Waals surface area contributed by atoms with Crippen molar-refractivity contribution < 1.29 is 10.2 Å². The Labute approximate surface area is 115 Å². The van der Waals surface area contributed by atoms with Crippen molar-refractivity contribution >= 4 is 35.5 Å². The molecule has 1 heterocycles. The summed E-state index contributed by atoms with van der Waals surface area (Å²) in [7, 11) is -1.38. The van der Waals surface area contributed by atoms with Gasteiger partial charge in [-0.2, -0.15) is 0 Å². The fourth-order valence-corrected chi connectivity index (χ4v) is 8.06. The second-order valence-corrected chi connectivity index (χ2v) is 10.1. The van der Waals surface area contributed by atoms with Crippen molar-refractivity contribution in [3.63, 3.8) is 0 Å². The number of aliphatic hydroxyl groups excluding tert-OH is 2. The normalized spacial score (nSPS) is 28.9. The molecule has 98 valence electrons. The van der Waals surface area contributed by atoms with Gasteiger partial charge in [0.15, 0.2) is 5.85 Å². The van der Waals surface area contributed by atoms with Crippen molar-refractivity contribution in [3.05, 3.63) is 0 Å². The summed E-state index contributed by atoms with van der Waals surface area (Å²) in [6.07, 6.45) is 2.27. The Balaban J connectivity index is 0.00000106. The van der Waals surface area contributed by atoms with Crippen molar-refractivity contribution in [2.45, 2.75) is 63.8 Å². The van der Waals surface area contributed by atoms with Crippen molar-refractivity contribution in [3.8, 4) is 0 Å². The molecule has 0 amide bonds. The molecular weight excluding hydrogens is 355 g/mol. The Hall–Kier alpha value is 1.31. The van der Waals surface area contributed by atoms with Gasteiger partial charge in [-0.3, -0.25) is 0 Å². The zero-order valence-electron chi connectivity index (χ0n) is 10.5. The van der Waals surface area contributed by atoms with E-state index >= 15 is 0 Å². The summed E-state index contributed by atoms with van der Waals surface area (Å²) in [5.41, 5.74) is 1.07. The second kappa shape index (κ2) is 7.68. The molecule has 0 radical (unpaired) electrons. The van der Waals surface area contributed by atoms with Crippen molar-refractivity contribution in [2.24, 2.45) is 0 Å². The molecule has 0 spiro atoms. The average molecular weight is 379 g/mol. The molecule has 1 aliphatic rings. The maximum absolute atomic E-state index is 10.2. The van der Waals surface area contributed by atoms with Crippen LogP contribution in [0, 0.1) is 0 Å². The quantitative estimate of drug-likeness (QED) is 0.713. The maximum atomic E-state index is 10.2. The van der Waals surface area contributed by atoms with Gasteiger partial charge in [0.25, 0.3) is 0 Å². The predicted molar refractivity (Wildman–Crippen MR) is 81.2 cm³/mol. The highest BCUT2D eigenvalue weighted by atomic mass is 80.9. The van der Waals surface area contributed by atoms with Crippen LogP contribution in [0.1, 0.15) is 40.5 Å². The van der Waals surface area contributed by atoms with E-state index in [0.717, 1.165) is 19.0 Å². The highest BCUT2D eigenvalue weighted by Gasteiger charge is 2.54. The van der Waals surface area contributed by atoms with Crippen LogP contribution in [0.5, 0.6) is 0 Å². The molecular formula is C11H24Br2O2P+. The molecule has 2 unspecified atom stereocenters. The van der Waals surface area contributed by atoms with Gasteiger partial charge < -0.3 is 10.2 Å². The molecule has 0 aliphatic carbocycles. The van der Waals surface area contributed by atoms with Gasteiger partial charge in [-0.05, 0) is 34.1 Å². The Bertz CT molecular complexity index is 192. The minimum Gasteiger partial charge on any atom is -0.389 e. The predicted octanol–water partition coefficient (Wildman–Crippen LogP) is 3.99. The van der Waals surface area contributed by atoms with Gasteiger partial charge in [-0.25, -0.2) is 0 Å². The van der Waals surface area contributed by atoms with Crippen LogP contribution in [-0.4, -0.2) is 39.6 Å². The molecule has 2 N–H and O–H groups in total. The van der Waals surface area contributed by atoms with E-state index in [0.29, 0.717) is 11.3 Å². The molecule has 0 aromatic heterocycles. The standard InChI is InChI=1S/C11H24O2P.Br2/c1-8(2)14(9(3)4)7-10(12)5-6-11(14)13;1-2/h8-13H,5-7H2,1-4H3;/q+1;. The van der Waals surface area contributed by atoms with Crippen LogP contribution in [-0.2, 0) is 0 Å². The molecule has 5 heteroatoms. The summed E-state index contributed by atoms with van der Waals surface area (Å²) in [4.78, 5) is 0. The third-order valence-corrected chi connectivity index (χ3v) is 10.0. The largest absolute Gasteiger partial charge is 0.389 e. The first-order valence-electron chi connectivity index (χ1n) is 5.78. The van der Waals surface area contributed by atoms with Crippen molar-refractivity contribution in [1.82, 2.24) is 0 Å². The maximum Gasteiger partial charge on any atom is 0.164 e. The molecule has 2 nitrogen and oxygen atoms in total. The van der Waals surface area contributed by atoms with Crippen LogP contribution in [0.2, 0.25) is 0 Å². The van der Waals surface area contributed by atoms with Crippen LogP contribution in [0.15, 0.2) is 0 Å². The van der Waals surface area contributed by atoms with E-state index in [1.54, 1.807) is 0 Å². The summed E-state index contributed by atoms with van der Waals surface area (Å²) >= 11 is 5.50. The van der Waals surface area contributed by atoms with Crippen LogP contribution in [0.4, 0.5) is 0 Å².